The number of carbonyl (C=O) groups excluding carboxylic acids is 1. The molecule has 0 spiro atoms. The molecule has 2 aliphatic rings. The second-order valence-electron chi connectivity index (χ2n) is 8.34. The van der Waals surface area contributed by atoms with Gasteiger partial charge < -0.3 is 20.9 Å². The summed E-state index contributed by atoms with van der Waals surface area (Å²) < 4.78 is 0. The number of hydrogen-bond donors (Lipinski definition) is 3. The quantitative estimate of drug-likeness (QED) is 0.231. The molecule has 7 heteroatoms. The summed E-state index contributed by atoms with van der Waals surface area (Å²) in [5.74, 6) is 1.07. The SMILES string of the molecule is CN=C(NCc1cccc(N2CC=CC2)c1)NC1CCCC(C(=O)NC(C)C)C1.I. The minimum absolute atomic E-state index is 0. The van der Waals surface area contributed by atoms with Crippen molar-refractivity contribution >= 4 is 41.5 Å². The summed E-state index contributed by atoms with van der Waals surface area (Å²) in [5.41, 5.74) is 2.48. The molecular formula is C23H36IN5O. The molecule has 166 valence electrons. The number of amides is 1. The lowest BCUT2D eigenvalue weighted by Crippen LogP contribution is -2.47. The molecule has 1 aliphatic carbocycles. The molecule has 1 heterocycles. The molecule has 1 fully saturated rings. The van der Waals surface area contributed by atoms with E-state index in [9.17, 15) is 4.79 Å². The average molecular weight is 525 g/mol. The second kappa shape index (κ2) is 12.2. The van der Waals surface area contributed by atoms with Crippen LogP contribution in [-0.2, 0) is 11.3 Å². The van der Waals surface area contributed by atoms with Crippen LogP contribution in [0.4, 0.5) is 5.69 Å². The van der Waals surface area contributed by atoms with Gasteiger partial charge in [-0.25, -0.2) is 0 Å². The third kappa shape index (κ3) is 7.18. The molecule has 6 nitrogen and oxygen atoms in total. The van der Waals surface area contributed by atoms with Gasteiger partial charge in [-0.05, 0) is 50.8 Å². The van der Waals surface area contributed by atoms with Crippen molar-refractivity contribution in [2.45, 2.75) is 58.2 Å². The highest BCUT2D eigenvalue weighted by molar-refractivity contribution is 14.0. The Kier molecular flexibility index (Phi) is 9.94. The molecule has 2 unspecified atom stereocenters. The summed E-state index contributed by atoms with van der Waals surface area (Å²) in [4.78, 5) is 19.1. The molecule has 1 aliphatic heterocycles. The lowest BCUT2D eigenvalue weighted by molar-refractivity contribution is -0.126. The Hall–Kier alpha value is -1.77. The number of nitrogens with zero attached hydrogens (tertiary/aromatic N) is 2. The lowest BCUT2D eigenvalue weighted by atomic mass is 9.85. The molecule has 1 aromatic carbocycles. The topological polar surface area (TPSA) is 68.8 Å². The highest BCUT2D eigenvalue weighted by Crippen LogP contribution is 2.24. The van der Waals surface area contributed by atoms with Crippen molar-refractivity contribution in [2.75, 3.05) is 25.0 Å². The summed E-state index contributed by atoms with van der Waals surface area (Å²) in [5, 5.41) is 10.0. The number of aliphatic imine (C=N–C) groups is 1. The van der Waals surface area contributed by atoms with Gasteiger partial charge in [0.2, 0.25) is 5.91 Å². The Morgan fingerprint density at radius 3 is 2.70 bits per heavy atom. The first-order valence-corrected chi connectivity index (χ1v) is 10.8. The third-order valence-corrected chi connectivity index (χ3v) is 5.59. The zero-order valence-electron chi connectivity index (χ0n) is 18.4. The minimum Gasteiger partial charge on any atom is -0.364 e. The van der Waals surface area contributed by atoms with E-state index in [-0.39, 0.29) is 47.9 Å². The maximum absolute atomic E-state index is 12.4. The first-order chi connectivity index (χ1) is 14.0. The summed E-state index contributed by atoms with van der Waals surface area (Å²) in [7, 11) is 1.80. The largest absolute Gasteiger partial charge is 0.364 e. The van der Waals surface area contributed by atoms with E-state index in [2.05, 4.69) is 62.3 Å². The van der Waals surface area contributed by atoms with Crippen LogP contribution < -0.4 is 20.9 Å². The minimum atomic E-state index is 0. The first-order valence-electron chi connectivity index (χ1n) is 10.8. The van der Waals surface area contributed by atoms with Crippen molar-refractivity contribution in [1.29, 1.82) is 0 Å². The second-order valence-corrected chi connectivity index (χ2v) is 8.34. The van der Waals surface area contributed by atoms with Gasteiger partial charge in [0.15, 0.2) is 5.96 Å². The Morgan fingerprint density at radius 1 is 1.23 bits per heavy atom. The van der Waals surface area contributed by atoms with Gasteiger partial charge in [0.05, 0.1) is 0 Å². The van der Waals surface area contributed by atoms with E-state index in [1.807, 2.05) is 13.8 Å². The van der Waals surface area contributed by atoms with Gasteiger partial charge in [-0.3, -0.25) is 9.79 Å². The zero-order valence-corrected chi connectivity index (χ0v) is 20.7. The van der Waals surface area contributed by atoms with Gasteiger partial charge in [-0.2, -0.15) is 0 Å². The maximum Gasteiger partial charge on any atom is 0.223 e. The lowest BCUT2D eigenvalue weighted by Gasteiger charge is -2.30. The van der Waals surface area contributed by atoms with Crippen LogP contribution in [0.2, 0.25) is 0 Å². The van der Waals surface area contributed by atoms with Crippen LogP contribution in [0.3, 0.4) is 0 Å². The Bertz CT molecular complexity index is 741. The molecule has 0 bridgehead atoms. The van der Waals surface area contributed by atoms with Gasteiger partial charge in [0, 0.05) is 50.4 Å². The molecule has 0 aromatic heterocycles. The van der Waals surface area contributed by atoms with E-state index < -0.39 is 0 Å². The number of halogens is 1. The van der Waals surface area contributed by atoms with Gasteiger partial charge in [0.1, 0.15) is 0 Å². The van der Waals surface area contributed by atoms with Gasteiger partial charge in [-0.1, -0.05) is 30.7 Å². The molecule has 1 saturated carbocycles. The van der Waals surface area contributed by atoms with Crippen molar-refractivity contribution in [1.82, 2.24) is 16.0 Å². The predicted octanol–water partition coefficient (Wildman–Crippen LogP) is 3.43. The number of carbonyl (C=O) groups is 1. The third-order valence-electron chi connectivity index (χ3n) is 5.59. The molecule has 0 radical (unpaired) electrons. The van der Waals surface area contributed by atoms with Crippen LogP contribution in [0.25, 0.3) is 0 Å². The number of rotatable bonds is 6. The molecule has 1 aromatic rings. The average Bonchev–Trinajstić information content (AvgIpc) is 3.26. The fourth-order valence-corrected chi connectivity index (χ4v) is 4.09. The van der Waals surface area contributed by atoms with Crippen molar-refractivity contribution in [3.05, 3.63) is 42.0 Å². The maximum atomic E-state index is 12.4. The molecule has 3 N–H and O–H groups in total. The number of benzene rings is 1. The van der Waals surface area contributed by atoms with Crippen molar-refractivity contribution in [3.63, 3.8) is 0 Å². The van der Waals surface area contributed by atoms with Crippen molar-refractivity contribution in [3.8, 4) is 0 Å². The van der Waals surface area contributed by atoms with Crippen molar-refractivity contribution < 1.29 is 4.79 Å². The molecule has 0 saturated heterocycles. The van der Waals surface area contributed by atoms with Gasteiger partial charge in [0.25, 0.3) is 0 Å². The Balaban J connectivity index is 0.00000320. The molecular weight excluding hydrogens is 489 g/mol. The van der Waals surface area contributed by atoms with Crippen molar-refractivity contribution in [2.24, 2.45) is 10.9 Å². The Morgan fingerprint density at radius 2 is 2.00 bits per heavy atom. The highest BCUT2D eigenvalue weighted by atomic mass is 127. The first kappa shape index (κ1) is 24.5. The van der Waals surface area contributed by atoms with Gasteiger partial charge >= 0.3 is 0 Å². The highest BCUT2D eigenvalue weighted by Gasteiger charge is 2.28. The fraction of sp³-hybridized carbons (Fsp3) is 0.565. The van der Waals surface area contributed by atoms with E-state index in [4.69, 9.17) is 0 Å². The van der Waals surface area contributed by atoms with Crippen LogP contribution in [0.5, 0.6) is 0 Å². The number of guanidine groups is 1. The Labute approximate surface area is 198 Å². The van der Waals surface area contributed by atoms with Crippen LogP contribution in [-0.4, -0.2) is 44.1 Å². The predicted molar refractivity (Wildman–Crippen MR) is 136 cm³/mol. The summed E-state index contributed by atoms with van der Waals surface area (Å²) in [6.07, 6.45) is 8.38. The van der Waals surface area contributed by atoms with Crippen LogP contribution in [0.15, 0.2) is 41.4 Å². The monoisotopic (exact) mass is 525 g/mol. The molecule has 1 amide bonds. The van der Waals surface area contributed by atoms with E-state index in [0.29, 0.717) is 0 Å². The van der Waals surface area contributed by atoms with E-state index in [1.165, 1.54) is 11.3 Å². The number of nitrogens with one attached hydrogen (secondary N) is 3. The summed E-state index contributed by atoms with van der Waals surface area (Å²) in [6, 6.07) is 9.12. The van der Waals surface area contributed by atoms with Gasteiger partial charge in [-0.15, -0.1) is 24.0 Å². The molecule has 2 atom stereocenters. The van der Waals surface area contributed by atoms with Crippen LogP contribution in [0, 0.1) is 5.92 Å². The zero-order chi connectivity index (χ0) is 20.6. The molecule has 30 heavy (non-hydrogen) atoms. The fourth-order valence-electron chi connectivity index (χ4n) is 4.09. The van der Waals surface area contributed by atoms with E-state index in [1.54, 1.807) is 7.05 Å². The standard InChI is InChI=1S/C23H35N5O.HI/c1-17(2)26-22(29)19-9-7-10-20(15-19)27-23(24-3)25-16-18-8-6-11-21(14-18)28-12-4-5-13-28;/h4-6,8,11,14,17,19-20H,7,9-10,12-13,15-16H2,1-3H3,(H,26,29)(H2,24,25,27);1H. The number of hydrogen-bond acceptors (Lipinski definition) is 3. The van der Waals surface area contributed by atoms with E-state index in [0.717, 1.165) is 51.3 Å². The summed E-state index contributed by atoms with van der Waals surface area (Å²) in [6.45, 7) is 6.70. The molecule has 3 rings (SSSR count). The number of anilines is 1. The van der Waals surface area contributed by atoms with Crippen LogP contribution >= 0.6 is 24.0 Å². The normalized spacial score (nSPS) is 21.3. The smallest absolute Gasteiger partial charge is 0.223 e. The summed E-state index contributed by atoms with van der Waals surface area (Å²) >= 11 is 0. The van der Waals surface area contributed by atoms with E-state index >= 15 is 0 Å². The van der Waals surface area contributed by atoms with Crippen LogP contribution in [0.1, 0.15) is 45.1 Å².